The summed E-state index contributed by atoms with van der Waals surface area (Å²) in [5, 5.41) is 0. The van der Waals surface area contributed by atoms with Crippen LogP contribution in [0.15, 0.2) is 155 Å². The van der Waals surface area contributed by atoms with Crippen molar-refractivity contribution in [3.05, 3.63) is 174 Å². The Bertz CT molecular complexity index is 2230. The van der Waals surface area contributed by atoms with Gasteiger partial charge in [0.15, 0.2) is 5.78 Å². The van der Waals surface area contributed by atoms with Crippen LogP contribution in [-0.2, 0) is 25.1 Å². The fraction of sp³-hybridized carbons (Fsp3) is 0.0976. The molecule has 0 N–H and O–H groups in total. The Hall–Kier alpha value is -5.81. The summed E-state index contributed by atoms with van der Waals surface area (Å²) in [5.74, 6) is 1.10. The molecule has 1 fully saturated rings. The van der Waals surface area contributed by atoms with Gasteiger partial charge in [-0.15, -0.1) is 0 Å². The normalized spacial score (nSPS) is 13.8. The number of sulfone groups is 1. The van der Waals surface area contributed by atoms with Crippen LogP contribution < -0.4 is 14.2 Å². The molecule has 10 heteroatoms. The minimum atomic E-state index is -3.80. The lowest BCUT2D eigenvalue weighted by Gasteiger charge is -2.28. The first-order valence-electron chi connectivity index (χ1n) is 16.0. The monoisotopic (exact) mass is 702 g/mol. The van der Waals surface area contributed by atoms with Gasteiger partial charge < -0.3 is 23.7 Å². The van der Waals surface area contributed by atoms with E-state index in [1.54, 1.807) is 79.9 Å². The Morgan fingerprint density at radius 1 is 0.549 bits per heavy atom. The minimum absolute atomic E-state index is 0.00569. The SMILES string of the molecule is COc1ccc(C(=O)c2ccc(Oc3ccc(C4(c5ccc(Oc6ccc(S(=O)(=O)c7ccc(F)cc7)cc6)cc5)OCCO4)cc3)cc2)cc1. The van der Waals surface area contributed by atoms with Crippen molar-refractivity contribution in [3.8, 4) is 28.7 Å². The Morgan fingerprint density at radius 3 is 1.31 bits per heavy atom. The van der Waals surface area contributed by atoms with E-state index < -0.39 is 21.4 Å². The number of halogens is 1. The second-order valence-corrected chi connectivity index (χ2v) is 13.5. The molecule has 7 rings (SSSR count). The second kappa shape index (κ2) is 14.2. The van der Waals surface area contributed by atoms with Crippen molar-refractivity contribution in [1.82, 2.24) is 0 Å². The molecule has 256 valence electrons. The lowest BCUT2D eigenvalue weighted by Crippen LogP contribution is -2.28. The third-order valence-electron chi connectivity index (χ3n) is 8.36. The molecule has 51 heavy (non-hydrogen) atoms. The third-order valence-corrected chi connectivity index (χ3v) is 10.1. The molecule has 0 unspecified atom stereocenters. The summed E-state index contributed by atoms with van der Waals surface area (Å²) in [6.07, 6.45) is 0. The van der Waals surface area contributed by atoms with E-state index >= 15 is 0 Å². The van der Waals surface area contributed by atoms with Crippen molar-refractivity contribution in [3.63, 3.8) is 0 Å². The summed E-state index contributed by atoms with van der Waals surface area (Å²) in [5.41, 5.74) is 2.65. The third kappa shape index (κ3) is 7.11. The van der Waals surface area contributed by atoms with Gasteiger partial charge in [-0.25, -0.2) is 12.8 Å². The number of hydrogen-bond donors (Lipinski definition) is 0. The van der Waals surface area contributed by atoms with E-state index in [9.17, 15) is 17.6 Å². The van der Waals surface area contributed by atoms with Crippen molar-refractivity contribution < 1.29 is 41.3 Å². The number of rotatable bonds is 11. The zero-order valence-electron chi connectivity index (χ0n) is 27.3. The predicted octanol–water partition coefficient (Wildman–Crippen LogP) is 8.73. The highest BCUT2D eigenvalue weighted by Crippen LogP contribution is 2.40. The van der Waals surface area contributed by atoms with Crippen LogP contribution in [0.2, 0.25) is 0 Å². The van der Waals surface area contributed by atoms with E-state index in [1.165, 1.54) is 24.3 Å². The molecule has 0 saturated carbocycles. The predicted molar refractivity (Wildman–Crippen MR) is 187 cm³/mol. The molecule has 1 saturated heterocycles. The highest BCUT2D eigenvalue weighted by Gasteiger charge is 2.40. The Balaban J connectivity index is 1.01. The highest BCUT2D eigenvalue weighted by atomic mass is 32.2. The molecule has 8 nitrogen and oxygen atoms in total. The first-order chi connectivity index (χ1) is 24.7. The molecule has 0 spiro atoms. The number of ether oxygens (including phenoxy) is 5. The van der Waals surface area contributed by atoms with E-state index in [-0.39, 0.29) is 15.6 Å². The van der Waals surface area contributed by atoms with Gasteiger partial charge in [-0.3, -0.25) is 4.79 Å². The number of carbonyl (C=O) groups excluding carboxylic acids is 1. The maximum Gasteiger partial charge on any atom is 0.222 e. The molecule has 0 aliphatic carbocycles. The van der Waals surface area contributed by atoms with Crippen molar-refractivity contribution in [2.45, 2.75) is 15.6 Å². The summed E-state index contributed by atoms with van der Waals surface area (Å²) in [7, 11) is -2.22. The molecule has 0 atom stereocenters. The minimum Gasteiger partial charge on any atom is -0.497 e. The largest absolute Gasteiger partial charge is 0.497 e. The zero-order valence-corrected chi connectivity index (χ0v) is 28.1. The molecular formula is C41H31FO8S. The van der Waals surface area contributed by atoms with Crippen molar-refractivity contribution in [2.75, 3.05) is 20.3 Å². The molecule has 1 heterocycles. The summed E-state index contributed by atoms with van der Waals surface area (Å²) >= 11 is 0. The van der Waals surface area contributed by atoms with Gasteiger partial charge in [-0.2, -0.15) is 0 Å². The van der Waals surface area contributed by atoms with E-state index in [1.807, 2.05) is 36.4 Å². The fourth-order valence-electron chi connectivity index (χ4n) is 5.69. The first kappa shape index (κ1) is 33.7. The average molecular weight is 703 g/mol. The molecule has 0 amide bonds. The summed E-state index contributed by atoms with van der Waals surface area (Å²) < 4.78 is 68.7. The van der Waals surface area contributed by atoms with Gasteiger partial charge in [-0.1, -0.05) is 0 Å². The van der Waals surface area contributed by atoms with Gasteiger partial charge in [0, 0.05) is 22.3 Å². The van der Waals surface area contributed by atoms with Gasteiger partial charge in [0.2, 0.25) is 15.6 Å². The lowest BCUT2D eigenvalue weighted by atomic mass is 9.97. The number of benzene rings is 6. The Morgan fingerprint density at radius 2 is 0.902 bits per heavy atom. The van der Waals surface area contributed by atoms with Crippen LogP contribution in [0.4, 0.5) is 4.39 Å². The number of hydrogen-bond acceptors (Lipinski definition) is 8. The molecular weight excluding hydrogens is 672 g/mol. The standard InChI is InChI=1S/C41H31FO8S/c1-46-33-12-2-28(3-13-33)40(43)29-4-14-34(15-5-29)49-35-16-6-30(7-17-35)41(47-26-27-48-41)31-8-18-36(19-9-31)50-37-20-24-39(25-21-37)51(44,45)38-22-10-32(42)11-23-38/h2-25H,26-27H2,1H3. The maximum atomic E-state index is 13.3. The second-order valence-electron chi connectivity index (χ2n) is 11.6. The van der Waals surface area contributed by atoms with Crippen molar-refractivity contribution >= 4 is 15.6 Å². The maximum absolute atomic E-state index is 13.3. The molecule has 0 bridgehead atoms. The van der Waals surface area contributed by atoms with Crippen LogP contribution in [0, 0.1) is 5.82 Å². The molecule has 1 aliphatic rings. The van der Waals surface area contributed by atoms with E-state index in [2.05, 4.69) is 0 Å². The van der Waals surface area contributed by atoms with E-state index in [0.717, 1.165) is 23.3 Å². The lowest BCUT2D eigenvalue weighted by molar-refractivity contribution is -0.129. The smallest absolute Gasteiger partial charge is 0.222 e. The highest BCUT2D eigenvalue weighted by molar-refractivity contribution is 7.91. The number of ketones is 1. The van der Waals surface area contributed by atoms with Crippen molar-refractivity contribution in [1.29, 1.82) is 0 Å². The van der Waals surface area contributed by atoms with Crippen LogP contribution in [0.3, 0.4) is 0 Å². The van der Waals surface area contributed by atoms with Crippen LogP contribution in [0.1, 0.15) is 27.0 Å². The molecule has 0 aromatic heterocycles. The van der Waals surface area contributed by atoms with Crippen LogP contribution >= 0.6 is 0 Å². The van der Waals surface area contributed by atoms with Gasteiger partial charge in [0.25, 0.3) is 0 Å². The number of methoxy groups -OCH3 is 1. The Kier molecular flexibility index (Phi) is 9.38. The number of carbonyl (C=O) groups is 1. The topological polar surface area (TPSA) is 97.4 Å². The summed E-state index contributed by atoms with van der Waals surface area (Å²) in [6, 6.07) is 39.4. The fourth-order valence-corrected chi connectivity index (χ4v) is 6.95. The molecule has 0 radical (unpaired) electrons. The van der Waals surface area contributed by atoms with Crippen LogP contribution in [0.25, 0.3) is 0 Å². The first-order valence-corrected chi connectivity index (χ1v) is 17.5. The van der Waals surface area contributed by atoms with Gasteiger partial charge >= 0.3 is 0 Å². The molecule has 6 aromatic rings. The van der Waals surface area contributed by atoms with Gasteiger partial charge in [0.1, 0.15) is 34.6 Å². The van der Waals surface area contributed by atoms with Crippen LogP contribution in [-0.4, -0.2) is 34.5 Å². The average Bonchev–Trinajstić information content (AvgIpc) is 3.67. The van der Waals surface area contributed by atoms with E-state index in [0.29, 0.717) is 53.1 Å². The molecule has 1 aliphatic heterocycles. The summed E-state index contributed by atoms with van der Waals surface area (Å²) in [4.78, 5) is 13.0. The quantitative estimate of drug-likeness (QED) is 0.0977. The van der Waals surface area contributed by atoms with Crippen LogP contribution in [0.5, 0.6) is 28.7 Å². The van der Waals surface area contributed by atoms with Crippen molar-refractivity contribution in [2.24, 2.45) is 0 Å². The summed E-state index contributed by atoms with van der Waals surface area (Å²) in [6.45, 7) is 0.816. The Labute approximate surface area is 294 Å². The zero-order chi connectivity index (χ0) is 35.4. The van der Waals surface area contributed by atoms with Gasteiger partial charge in [0.05, 0.1) is 30.1 Å². The van der Waals surface area contributed by atoms with Gasteiger partial charge in [-0.05, 0) is 146 Å². The van der Waals surface area contributed by atoms with E-state index in [4.69, 9.17) is 23.7 Å². The molecule has 6 aromatic carbocycles.